The average molecular weight is 319 g/mol. The van der Waals surface area contributed by atoms with Crippen molar-refractivity contribution in [2.75, 3.05) is 0 Å². The summed E-state index contributed by atoms with van der Waals surface area (Å²) in [6.07, 6.45) is 0. The smallest absolute Gasteiger partial charge is 0.178 e. The largest absolute Gasteiger partial charge is 0.449 e. The summed E-state index contributed by atoms with van der Waals surface area (Å²) in [5, 5.41) is 1.12. The Morgan fingerprint density at radius 3 is 2.56 bits per heavy atom. The van der Waals surface area contributed by atoms with Crippen LogP contribution in [0, 0.1) is 0 Å². The molecule has 1 aromatic heterocycles. The molecule has 0 saturated carbocycles. The summed E-state index contributed by atoms with van der Waals surface area (Å²) in [6, 6.07) is 16.4. The van der Waals surface area contributed by atoms with Gasteiger partial charge in [0.25, 0.3) is 0 Å². The van der Waals surface area contributed by atoms with E-state index in [0.29, 0.717) is 0 Å². The normalized spacial score (nSPS) is 11.0. The number of thiol groups is 1. The second-order valence-corrected chi connectivity index (χ2v) is 5.14. The highest BCUT2D eigenvalue weighted by molar-refractivity contribution is 9.10. The minimum Gasteiger partial charge on any atom is -0.449 e. The lowest BCUT2D eigenvalue weighted by atomic mass is 10.0. The molecule has 1 nitrogen and oxygen atoms in total. The summed E-state index contributed by atoms with van der Waals surface area (Å²) < 4.78 is 6.52. The minimum atomic E-state index is 0.729. The van der Waals surface area contributed by atoms with Crippen molar-refractivity contribution < 1.29 is 4.42 Å². The number of halogens is 1. The Kier molecular flexibility index (Phi) is 3.18. The first-order valence-corrected chi connectivity index (χ1v) is 7.09. The minimum absolute atomic E-state index is 0.729. The van der Waals surface area contributed by atoms with Gasteiger partial charge in [-0.15, -0.1) is 0 Å². The topological polar surface area (TPSA) is 13.1 Å². The lowest BCUT2D eigenvalue weighted by molar-refractivity contribution is 0.589. The van der Waals surface area contributed by atoms with Crippen molar-refractivity contribution in [3.63, 3.8) is 0 Å². The van der Waals surface area contributed by atoms with E-state index in [0.717, 1.165) is 32.5 Å². The molecule has 0 aliphatic rings. The molecule has 0 aliphatic heterocycles. The lowest BCUT2D eigenvalue weighted by Crippen LogP contribution is -1.79. The molecule has 18 heavy (non-hydrogen) atoms. The SMILES string of the molecule is SCc1ccc2oc(Br)c(-c3ccccc3)c2c1. The maximum atomic E-state index is 5.74. The van der Waals surface area contributed by atoms with Gasteiger partial charge in [-0.2, -0.15) is 12.6 Å². The van der Waals surface area contributed by atoms with Crippen molar-refractivity contribution in [3.8, 4) is 11.1 Å². The molecule has 0 atom stereocenters. The zero-order valence-corrected chi connectivity index (χ0v) is 12.0. The van der Waals surface area contributed by atoms with Gasteiger partial charge < -0.3 is 4.42 Å². The molecule has 0 amide bonds. The van der Waals surface area contributed by atoms with Gasteiger partial charge in [-0.3, -0.25) is 0 Å². The van der Waals surface area contributed by atoms with E-state index in [2.05, 4.69) is 46.8 Å². The average Bonchev–Trinajstić information content (AvgIpc) is 2.74. The van der Waals surface area contributed by atoms with Crippen LogP contribution in [-0.2, 0) is 5.75 Å². The van der Waals surface area contributed by atoms with Gasteiger partial charge in [0.1, 0.15) is 5.58 Å². The highest BCUT2D eigenvalue weighted by atomic mass is 79.9. The molecule has 0 fully saturated rings. The van der Waals surface area contributed by atoms with E-state index in [1.807, 2.05) is 30.3 Å². The fourth-order valence-corrected chi connectivity index (χ4v) is 2.90. The summed E-state index contributed by atoms with van der Waals surface area (Å²) in [4.78, 5) is 0. The van der Waals surface area contributed by atoms with Crippen LogP contribution in [0.1, 0.15) is 5.56 Å². The fraction of sp³-hybridized carbons (Fsp3) is 0.0667. The molecular formula is C15H11BrOS. The van der Waals surface area contributed by atoms with Crippen LogP contribution in [0.25, 0.3) is 22.1 Å². The molecule has 0 bridgehead atoms. The molecule has 0 saturated heterocycles. The van der Waals surface area contributed by atoms with E-state index < -0.39 is 0 Å². The fourth-order valence-electron chi connectivity index (χ4n) is 2.09. The van der Waals surface area contributed by atoms with E-state index >= 15 is 0 Å². The summed E-state index contributed by atoms with van der Waals surface area (Å²) in [5.74, 6) is 0.729. The molecule has 0 N–H and O–H groups in total. The zero-order valence-electron chi connectivity index (χ0n) is 9.56. The van der Waals surface area contributed by atoms with Gasteiger partial charge >= 0.3 is 0 Å². The molecular weight excluding hydrogens is 308 g/mol. The van der Waals surface area contributed by atoms with E-state index in [1.165, 1.54) is 5.56 Å². The van der Waals surface area contributed by atoms with Crippen LogP contribution in [0.3, 0.4) is 0 Å². The maximum absolute atomic E-state index is 5.74. The predicted molar refractivity (Wildman–Crippen MR) is 82.0 cm³/mol. The maximum Gasteiger partial charge on any atom is 0.178 e. The van der Waals surface area contributed by atoms with Crippen molar-refractivity contribution >= 4 is 39.5 Å². The Bertz CT molecular complexity index is 688. The summed E-state index contributed by atoms with van der Waals surface area (Å²) in [7, 11) is 0. The predicted octanol–water partition coefficient (Wildman–Crippen LogP) is 5.29. The number of hydrogen-bond donors (Lipinski definition) is 1. The van der Waals surface area contributed by atoms with Gasteiger partial charge in [-0.1, -0.05) is 36.4 Å². The van der Waals surface area contributed by atoms with Crippen molar-refractivity contribution in [2.24, 2.45) is 0 Å². The summed E-state index contributed by atoms with van der Waals surface area (Å²) >= 11 is 7.83. The monoisotopic (exact) mass is 318 g/mol. The lowest BCUT2D eigenvalue weighted by Gasteiger charge is -2.00. The second kappa shape index (κ2) is 4.82. The van der Waals surface area contributed by atoms with E-state index in [9.17, 15) is 0 Å². The van der Waals surface area contributed by atoms with E-state index in [-0.39, 0.29) is 0 Å². The van der Waals surface area contributed by atoms with E-state index in [4.69, 9.17) is 4.42 Å². The Morgan fingerprint density at radius 2 is 1.83 bits per heavy atom. The molecule has 0 unspecified atom stereocenters. The van der Waals surface area contributed by atoms with Gasteiger partial charge in [0.2, 0.25) is 0 Å². The van der Waals surface area contributed by atoms with E-state index in [1.54, 1.807) is 0 Å². The Morgan fingerprint density at radius 1 is 1.06 bits per heavy atom. The number of hydrogen-bond acceptors (Lipinski definition) is 2. The van der Waals surface area contributed by atoms with Crippen LogP contribution >= 0.6 is 28.6 Å². The first kappa shape index (κ1) is 11.9. The molecule has 1 heterocycles. The van der Waals surface area contributed by atoms with Crippen LogP contribution in [0.2, 0.25) is 0 Å². The third-order valence-corrected chi connectivity index (χ3v) is 3.88. The molecule has 0 radical (unpaired) electrons. The zero-order chi connectivity index (χ0) is 12.5. The van der Waals surface area contributed by atoms with Crippen molar-refractivity contribution in [2.45, 2.75) is 5.75 Å². The third-order valence-electron chi connectivity index (χ3n) is 2.95. The van der Waals surface area contributed by atoms with Crippen molar-refractivity contribution in [3.05, 3.63) is 58.8 Å². The summed E-state index contributed by atoms with van der Waals surface area (Å²) in [5.41, 5.74) is 4.34. The number of benzene rings is 2. The molecule has 3 aromatic rings. The molecule has 0 aliphatic carbocycles. The quantitative estimate of drug-likeness (QED) is 0.633. The first-order chi connectivity index (χ1) is 8.79. The van der Waals surface area contributed by atoms with Gasteiger partial charge in [-0.25, -0.2) is 0 Å². The van der Waals surface area contributed by atoms with Crippen LogP contribution in [-0.4, -0.2) is 0 Å². The molecule has 90 valence electrons. The molecule has 2 aromatic carbocycles. The summed E-state index contributed by atoms with van der Waals surface area (Å²) in [6.45, 7) is 0. The Hall–Kier alpha value is -1.19. The molecule has 3 heteroatoms. The Balaban J connectivity index is 2.30. The van der Waals surface area contributed by atoms with Crippen LogP contribution in [0.15, 0.2) is 57.6 Å². The Labute approximate surface area is 119 Å². The van der Waals surface area contributed by atoms with Gasteiger partial charge in [0.15, 0.2) is 4.67 Å². The van der Waals surface area contributed by atoms with Gasteiger partial charge in [-0.05, 0) is 39.2 Å². The van der Waals surface area contributed by atoms with Crippen LogP contribution in [0.4, 0.5) is 0 Å². The molecule has 3 rings (SSSR count). The van der Waals surface area contributed by atoms with Gasteiger partial charge in [0, 0.05) is 16.7 Å². The van der Waals surface area contributed by atoms with Gasteiger partial charge in [0.05, 0.1) is 0 Å². The highest BCUT2D eigenvalue weighted by Crippen LogP contribution is 2.38. The van der Waals surface area contributed by atoms with Crippen LogP contribution < -0.4 is 0 Å². The third kappa shape index (κ3) is 1.98. The van der Waals surface area contributed by atoms with Crippen LogP contribution in [0.5, 0.6) is 0 Å². The first-order valence-electron chi connectivity index (χ1n) is 5.67. The second-order valence-electron chi connectivity index (χ2n) is 4.11. The standard InChI is InChI=1S/C15H11BrOS/c16-15-14(11-4-2-1-3-5-11)12-8-10(9-18)6-7-13(12)17-15/h1-8,18H,9H2. The molecule has 0 spiro atoms. The number of furan rings is 1. The highest BCUT2D eigenvalue weighted by Gasteiger charge is 2.13. The van der Waals surface area contributed by atoms with Crippen molar-refractivity contribution in [1.82, 2.24) is 0 Å². The van der Waals surface area contributed by atoms with Crippen molar-refractivity contribution in [1.29, 1.82) is 0 Å². The number of fused-ring (bicyclic) bond motifs is 1. The number of rotatable bonds is 2.